The molecule has 0 amide bonds. The lowest BCUT2D eigenvalue weighted by Crippen LogP contribution is -2.04. The molecule has 2 aromatic heterocycles. The molecule has 0 aliphatic carbocycles. The molecule has 3 aromatic rings. The van der Waals surface area contributed by atoms with Gasteiger partial charge in [0.25, 0.3) is 0 Å². The highest BCUT2D eigenvalue weighted by Gasteiger charge is 2.13. The Labute approximate surface area is 113 Å². The van der Waals surface area contributed by atoms with Gasteiger partial charge in [0.05, 0.1) is 17.9 Å². The SMILES string of the molecule is CNc1cccc2c1cnn2-c1nc(Cl)ncc1F. The number of rotatable bonds is 2. The van der Waals surface area contributed by atoms with Crippen LogP contribution in [0.2, 0.25) is 5.28 Å². The molecule has 2 heterocycles. The lowest BCUT2D eigenvalue weighted by molar-refractivity contribution is 0.595. The average molecular weight is 278 g/mol. The molecule has 5 nitrogen and oxygen atoms in total. The molecule has 0 atom stereocenters. The molecule has 1 N–H and O–H groups in total. The smallest absolute Gasteiger partial charge is 0.224 e. The summed E-state index contributed by atoms with van der Waals surface area (Å²) in [4.78, 5) is 7.47. The second-order valence-corrected chi connectivity index (χ2v) is 4.19. The zero-order valence-electron chi connectivity index (χ0n) is 9.93. The standard InChI is InChI=1S/C12H9ClFN5/c1-15-9-3-2-4-10-7(9)5-17-19(10)11-8(14)6-16-12(13)18-11/h2-6,15H,1H3. The van der Waals surface area contributed by atoms with Gasteiger partial charge in [0.15, 0.2) is 11.6 Å². The van der Waals surface area contributed by atoms with Crippen LogP contribution in [-0.4, -0.2) is 26.8 Å². The molecule has 1 aromatic carbocycles. The molecule has 0 aliphatic heterocycles. The molecular weight excluding hydrogens is 269 g/mol. The fourth-order valence-corrected chi connectivity index (χ4v) is 2.05. The van der Waals surface area contributed by atoms with Gasteiger partial charge in [-0.05, 0) is 23.7 Å². The van der Waals surface area contributed by atoms with Crippen LogP contribution in [0, 0.1) is 5.82 Å². The highest BCUT2D eigenvalue weighted by Crippen LogP contribution is 2.25. The Morgan fingerprint density at radius 2 is 2.16 bits per heavy atom. The molecule has 0 spiro atoms. The minimum absolute atomic E-state index is 0.0233. The van der Waals surface area contributed by atoms with E-state index in [1.165, 1.54) is 4.68 Å². The van der Waals surface area contributed by atoms with Crippen molar-refractivity contribution in [1.82, 2.24) is 19.7 Å². The molecule has 0 radical (unpaired) electrons. The van der Waals surface area contributed by atoms with E-state index in [1.54, 1.807) is 6.20 Å². The minimum atomic E-state index is -0.579. The van der Waals surface area contributed by atoms with Crippen LogP contribution in [0.4, 0.5) is 10.1 Å². The fraction of sp³-hybridized carbons (Fsp3) is 0.0833. The zero-order valence-corrected chi connectivity index (χ0v) is 10.7. The van der Waals surface area contributed by atoms with E-state index in [9.17, 15) is 4.39 Å². The first-order chi connectivity index (χ1) is 9.20. The van der Waals surface area contributed by atoms with E-state index in [2.05, 4.69) is 20.4 Å². The quantitative estimate of drug-likeness (QED) is 0.732. The average Bonchev–Trinajstić information content (AvgIpc) is 2.85. The molecule has 7 heteroatoms. The number of nitrogens with zero attached hydrogens (tertiary/aromatic N) is 4. The molecule has 96 valence electrons. The molecule has 0 saturated heterocycles. The van der Waals surface area contributed by atoms with E-state index in [1.807, 2.05) is 25.2 Å². The van der Waals surface area contributed by atoms with Gasteiger partial charge in [-0.2, -0.15) is 10.1 Å². The second-order valence-electron chi connectivity index (χ2n) is 3.86. The Balaban J connectivity index is 2.29. The molecule has 0 bridgehead atoms. The fourth-order valence-electron chi connectivity index (χ4n) is 1.92. The van der Waals surface area contributed by atoms with Gasteiger partial charge in [-0.1, -0.05) is 6.07 Å². The minimum Gasteiger partial charge on any atom is -0.388 e. The third-order valence-electron chi connectivity index (χ3n) is 2.78. The summed E-state index contributed by atoms with van der Waals surface area (Å²) in [6, 6.07) is 5.60. The highest BCUT2D eigenvalue weighted by molar-refractivity contribution is 6.28. The van der Waals surface area contributed by atoms with E-state index < -0.39 is 5.82 Å². The first-order valence-corrected chi connectivity index (χ1v) is 5.91. The first kappa shape index (κ1) is 11.9. The van der Waals surface area contributed by atoms with Crippen molar-refractivity contribution in [2.45, 2.75) is 0 Å². The second kappa shape index (κ2) is 4.47. The van der Waals surface area contributed by atoms with E-state index in [-0.39, 0.29) is 11.1 Å². The van der Waals surface area contributed by atoms with Crippen molar-refractivity contribution < 1.29 is 4.39 Å². The number of anilines is 1. The van der Waals surface area contributed by atoms with Crippen LogP contribution in [-0.2, 0) is 0 Å². The van der Waals surface area contributed by atoms with Gasteiger partial charge in [-0.25, -0.2) is 14.1 Å². The van der Waals surface area contributed by atoms with Crippen LogP contribution >= 0.6 is 11.6 Å². The summed E-state index contributed by atoms with van der Waals surface area (Å²) in [5, 5.41) is 8.07. The largest absolute Gasteiger partial charge is 0.388 e. The molecule has 0 saturated carbocycles. The van der Waals surface area contributed by atoms with Crippen LogP contribution < -0.4 is 5.32 Å². The summed E-state index contributed by atoms with van der Waals surface area (Å²) in [6.45, 7) is 0. The lowest BCUT2D eigenvalue weighted by Gasteiger charge is -2.05. The van der Waals surface area contributed by atoms with Crippen molar-refractivity contribution in [3.05, 3.63) is 41.7 Å². The van der Waals surface area contributed by atoms with Gasteiger partial charge in [0.2, 0.25) is 5.28 Å². The van der Waals surface area contributed by atoms with Crippen LogP contribution in [0.5, 0.6) is 0 Å². The topological polar surface area (TPSA) is 55.6 Å². The summed E-state index contributed by atoms with van der Waals surface area (Å²) in [6.07, 6.45) is 2.68. The van der Waals surface area contributed by atoms with Gasteiger partial charge in [-0.3, -0.25) is 0 Å². The summed E-state index contributed by atoms with van der Waals surface area (Å²) in [7, 11) is 1.81. The molecular formula is C12H9ClFN5. The number of hydrogen-bond acceptors (Lipinski definition) is 4. The Morgan fingerprint density at radius 3 is 2.95 bits per heavy atom. The first-order valence-electron chi connectivity index (χ1n) is 5.53. The van der Waals surface area contributed by atoms with E-state index in [4.69, 9.17) is 11.6 Å². The Hall–Kier alpha value is -2.21. The molecule has 19 heavy (non-hydrogen) atoms. The Kier molecular flexibility index (Phi) is 2.79. The van der Waals surface area contributed by atoms with E-state index in [0.29, 0.717) is 0 Å². The monoisotopic (exact) mass is 277 g/mol. The van der Waals surface area contributed by atoms with Crippen LogP contribution in [0.3, 0.4) is 0 Å². The molecule has 0 aliphatic rings. The third-order valence-corrected chi connectivity index (χ3v) is 2.96. The summed E-state index contributed by atoms with van der Waals surface area (Å²) in [5.74, 6) is -0.549. The van der Waals surface area contributed by atoms with Crippen molar-refractivity contribution >= 4 is 28.2 Å². The predicted molar refractivity (Wildman–Crippen MR) is 71.2 cm³/mol. The summed E-state index contributed by atoms with van der Waals surface area (Å²) >= 11 is 5.70. The highest BCUT2D eigenvalue weighted by atomic mass is 35.5. The van der Waals surface area contributed by atoms with Gasteiger partial charge >= 0.3 is 0 Å². The predicted octanol–water partition coefficient (Wildman–Crippen LogP) is 2.65. The maximum Gasteiger partial charge on any atom is 0.224 e. The van der Waals surface area contributed by atoms with Crippen LogP contribution in [0.1, 0.15) is 0 Å². The van der Waals surface area contributed by atoms with Crippen LogP contribution in [0.15, 0.2) is 30.6 Å². The van der Waals surface area contributed by atoms with Crippen molar-refractivity contribution in [2.75, 3.05) is 12.4 Å². The van der Waals surface area contributed by atoms with E-state index >= 15 is 0 Å². The Bertz CT molecular complexity index is 755. The lowest BCUT2D eigenvalue weighted by atomic mass is 10.2. The third kappa shape index (κ3) is 1.90. The van der Waals surface area contributed by atoms with Gasteiger partial charge < -0.3 is 5.32 Å². The molecule has 3 rings (SSSR count). The number of nitrogens with one attached hydrogen (secondary N) is 1. The van der Waals surface area contributed by atoms with E-state index in [0.717, 1.165) is 22.8 Å². The normalized spacial score (nSPS) is 10.9. The maximum atomic E-state index is 13.8. The van der Waals surface area contributed by atoms with Crippen LogP contribution in [0.25, 0.3) is 16.7 Å². The van der Waals surface area contributed by atoms with Gasteiger partial charge in [0, 0.05) is 18.1 Å². The summed E-state index contributed by atoms with van der Waals surface area (Å²) < 4.78 is 15.2. The molecule has 0 fully saturated rings. The van der Waals surface area contributed by atoms with Gasteiger partial charge in [0.1, 0.15) is 0 Å². The zero-order chi connectivity index (χ0) is 13.4. The Morgan fingerprint density at radius 1 is 1.32 bits per heavy atom. The number of fused-ring (bicyclic) bond motifs is 1. The van der Waals surface area contributed by atoms with Crippen molar-refractivity contribution in [3.8, 4) is 5.82 Å². The van der Waals surface area contributed by atoms with Crippen molar-refractivity contribution in [3.63, 3.8) is 0 Å². The number of halogens is 2. The van der Waals surface area contributed by atoms with Crippen molar-refractivity contribution in [2.24, 2.45) is 0 Å². The summed E-state index contributed by atoms with van der Waals surface area (Å²) in [5.41, 5.74) is 1.64. The number of hydrogen-bond donors (Lipinski definition) is 1. The maximum absolute atomic E-state index is 13.8. The van der Waals surface area contributed by atoms with Gasteiger partial charge in [-0.15, -0.1) is 0 Å². The number of aromatic nitrogens is 4. The van der Waals surface area contributed by atoms with Crippen molar-refractivity contribution in [1.29, 1.82) is 0 Å². The number of benzene rings is 1. The molecule has 0 unspecified atom stereocenters.